The van der Waals surface area contributed by atoms with E-state index in [1.165, 1.54) is 4.88 Å². The normalized spacial score (nSPS) is 22.6. The van der Waals surface area contributed by atoms with Crippen LogP contribution in [0.4, 0.5) is 0 Å². The molecule has 6 heteroatoms. The van der Waals surface area contributed by atoms with Crippen molar-refractivity contribution in [3.8, 4) is 0 Å². The van der Waals surface area contributed by atoms with E-state index in [-0.39, 0.29) is 11.9 Å². The summed E-state index contributed by atoms with van der Waals surface area (Å²) in [6.45, 7) is 7.29. The highest BCUT2D eigenvalue weighted by Gasteiger charge is 2.27. The van der Waals surface area contributed by atoms with Gasteiger partial charge in [-0.25, -0.2) is 4.98 Å². The van der Waals surface area contributed by atoms with E-state index in [4.69, 9.17) is 0 Å². The van der Waals surface area contributed by atoms with Gasteiger partial charge in [0, 0.05) is 47.7 Å². The summed E-state index contributed by atoms with van der Waals surface area (Å²) < 4.78 is 0. The van der Waals surface area contributed by atoms with Crippen molar-refractivity contribution >= 4 is 28.6 Å². The molecule has 0 radical (unpaired) electrons. The van der Waals surface area contributed by atoms with E-state index in [9.17, 15) is 4.79 Å². The Morgan fingerprint density at radius 1 is 1.55 bits per heavy atom. The Kier molecular flexibility index (Phi) is 4.90. The monoisotopic (exact) mass is 335 g/mol. The van der Waals surface area contributed by atoms with Gasteiger partial charge in [0.15, 0.2) is 0 Å². The minimum Gasteiger partial charge on any atom is -0.349 e. The molecule has 118 valence electrons. The average Bonchev–Trinajstić information content (AvgIpc) is 3.13. The zero-order chi connectivity index (χ0) is 15.5. The Balaban J connectivity index is 1.52. The van der Waals surface area contributed by atoms with Gasteiger partial charge in [-0.05, 0) is 30.7 Å². The molecule has 3 heterocycles. The lowest BCUT2D eigenvalue weighted by Gasteiger charge is -2.37. The number of nitrogens with zero attached hydrogens (tertiary/aromatic N) is 2. The molecule has 3 rings (SSSR count). The molecule has 1 saturated heterocycles. The number of nitrogens with one attached hydrogen (secondary N) is 1. The van der Waals surface area contributed by atoms with Gasteiger partial charge in [0.2, 0.25) is 0 Å². The summed E-state index contributed by atoms with van der Waals surface area (Å²) in [5.41, 5.74) is 0.778. The fourth-order valence-electron chi connectivity index (χ4n) is 2.93. The minimum atomic E-state index is 0.0598. The number of carbonyl (C=O) groups excluding carboxylic acids is 1. The van der Waals surface area contributed by atoms with E-state index < -0.39 is 0 Å². The third-order valence-electron chi connectivity index (χ3n) is 4.14. The molecule has 1 aliphatic heterocycles. The molecule has 1 aliphatic rings. The maximum absolute atomic E-state index is 12.2. The van der Waals surface area contributed by atoms with Gasteiger partial charge in [-0.1, -0.05) is 6.92 Å². The summed E-state index contributed by atoms with van der Waals surface area (Å²) >= 11 is 3.33. The third kappa shape index (κ3) is 3.74. The predicted octanol–water partition coefficient (Wildman–Crippen LogP) is 3.15. The van der Waals surface area contributed by atoms with Crippen LogP contribution in [0.15, 0.2) is 23.0 Å². The molecule has 2 aromatic rings. The molecular formula is C16H21N3OS2. The largest absolute Gasteiger partial charge is 0.349 e. The first kappa shape index (κ1) is 15.6. The van der Waals surface area contributed by atoms with Crippen molar-refractivity contribution in [3.05, 3.63) is 38.5 Å². The quantitative estimate of drug-likeness (QED) is 0.933. The van der Waals surface area contributed by atoms with Crippen molar-refractivity contribution in [2.75, 3.05) is 13.1 Å². The fraction of sp³-hybridized carbons (Fsp3) is 0.500. The summed E-state index contributed by atoms with van der Waals surface area (Å²) in [4.78, 5) is 20.3. The number of carbonyl (C=O) groups is 1. The second-order valence-corrected chi connectivity index (χ2v) is 8.04. The number of hydrogen-bond donors (Lipinski definition) is 1. The minimum absolute atomic E-state index is 0.0598. The van der Waals surface area contributed by atoms with Crippen LogP contribution in [-0.2, 0) is 6.54 Å². The lowest BCUT2D eigenvalue weighted by molar-refractivity contribution is 0.0862. The SMILES string of the molecule is Cc1ncc(CN2CC[C@@H](NC(=O)c3ccsc3)[C@H](C)C2)s1. The Morgan fingerprint density at radius 2 is 2.41 bits per heavy atom. The van der Waals surface area contributed by atoms with Crippen molar-refractivity contribution in [1.29, 1.82) is 0 Å². The number of piperidine rings is 1. The molecule has 0 aliphatic carbocycles. The van der Waals surface area contributed by atoms with Gasteiger partial charge in [0.25, 0.3) is 5.91 Å². The summed E-state index contributed by atoms with van der Waals surface area (Å²) in [5.74, 6) is 0.523. The Labute approximate surface area is 139 Å². The van der Waals surface area contributed by atoms with Crippen LogP contribution in [0.25, 0.3) is 0 Å². The van der Waals surface area contributed by atoms with Gasteiger partial charge in [-0.3, -0.25) is 9.69 Å². The van der Waals surface area contributed by atoms with E-state index in [2.05, 4.69) is 22.1 Å². The van der Waals surface area contributed by atoms with Gasteiger partial charge in [-0.15, -0.1) is 11.3 Å². The molecule has 0 bridgehead atoms. The highest BCUT2D eigenvalue weighted by Crippen LogP contribution is 2.21. The molecule has 0 unspecified atom stereocenters. The molecule has 1 fully saturated rings. The lowest BCUT2D eigenvalue weighted by atomic mass is 9.93. The molecule has 2 atom stereocenters. The van der Waals surface area contributed by atoms with Gasteiger partial charge in [-0.2, -0.15) is 11.3 Å². The van der Waals surface area contributed by atoms with Gasteiger partial charge in [0.1, 0.15) is 0 Å². The maximum atomic E-state index is 12.2. The molecular weight excluding hydrogens is 314 g/mol. The molecule has 1 amide bonds. The predicted molar refractivity (Wildman–Crippen MR) is 91.5 cm³/mol. The second kappa shape index (κ2) is 6.89. The molecule has 0 spiro atoms. The molecule has 1 N–H and O–H groups in total. The van der Waals surface area contributed by atoms with Crippen LogP contribution in [0.2, 0.25) is 0 Å². The lowest BCUT2D eigenvalue weighted by Crippen LogP contribution is -2.49. The number of thiazole rings is 1. The standard InChI is InChI=1S/C16H21N3OS2/c1-11-8-19(9-14-7-17-12(2)22-14)5-3-15(11)18-16(20)13-4-6-21-10-13/h4,6-7,10-11,15H,3,5,8-9H2,1-2H3,(H,18,20)/t11-,15-/m1/s1. The van der Waals surface area contributed by atoms with Crippen LogP contribution in [-0.4, -0.2) is 34.9 Å². The number of aromatic nitrogens is 1. The van der Waals surface area contributed by atoms with Crippen molar-refractivity contribution in [2.24, 2.45) is 5.92 Å². The van der Waals surface area contributed by atoms with Crippen LogP contribution in [0, 0.1) is 12.8 Å². The number of likely N-dealkylation sites (tertiary alicyclic amines) is 1. The van der Waals surface area contributed by atoms with Crippen molar-refractivity contribution in [2.45, 2.75) is 32.9 Å². The molecule has 0 saturated carbocycles. The van der Waals surface area contributed by atoms with E-state index in [1.54, 1.807) is 22.7 Å². The van der Waals surface area contributed by atoms with E-state index in [1.807, 2.05) is 29.9 Å². The zero-order valence-corrected chi connectivity index (χ0v) is 14.5. The van der Waals surface area contributed by atoms with E-state index >= 15 is 0 Å². The van der Waals surface area contributed by atoms with Crippen LogP contribution in [0.3, 0.4) is 0 Å². The van der Waals surface area contributed by atoms with Gasteiger partial charge >= 0.3 is 0 Å². The zero-order valence-electron chi connectivity index (χ0n) is 12.9. The summed E-state index contributed by atoms with van der Waals surface area (Å²) in [6, 6.07) is 2.15. The van der Waals surface area contributed by atoms with Crippen LogP contribution in [0.5, 0.6) is 0 Å². The van der Waals surface area contributed by atoms with Crippen LogP contribution >= 0.6 is 22.7 Å². The molecule has 0 aromatic carbocycles. The first-order chi connectivity index (χ1) is 10.6. The number of amides is 1. The van der Waals surface area contributed by atoms with Crippen molar-refractivity contribution in [3.63, 3.8) is 0 Å². The number of hydrogen-bond acceptors (Lipinski definition) is 5. The number of rotatable bonds is 4. The van der Waals surface area contributed by atoms with E-state index in [0.29, 0.717) is 5.92 Å². The number of aryl methyl sites for hydroxylation is 1. The summed E-state index contributed by atoms with van der Waals surface area (Å²) in [5, 5.41) is 8.16. The summed E-state index contributed by atoms with van der Waals surface area (Å²) in [6.07, 6.45) is 2.99. The topological polar surface area (TPSA) is 45.2 Å². The van der Waals surface area contributed by atoms with Crippen molar-refractivity contribution in [1.82, 2.24) is 15.2 Å². The smallest absolute Gasteiger partial charge is 0.252 e. The van der Waals surface area contributed by atoms with Crippen LogP contribution in [0.1, 0.15) is 33.6 Å². The number of thiophene rings is 1. The maximum Gasteiger partial charge on any atom is 0.252 e. The fourth-order valence-corrected chi connectivity index (χ4v) is 4.41. The van der Waals surface area contributed by atoms with E-state index in [0.717, 1.165) is 36.6 Å². The first-order valence-electron chi connectivity index (χ1n) is 7.58. The Morgan fingerprint density at radius 3 is 3.05 bits per heavy atom. The van der Waals surface area contributed by atoms with Gasteiger partial charge in [0.05, 0.1) is 5.01 Å². The Hall–Kier alpha value is -1.24. The molecule has 4 nitrogen and oxygen atoms in total. The van der Waals surface area contributed by atoms with Crippen molar-refractivity contribution < 1.29 is 4.79 Å². The van der Waals surface area contributed by atoms with Crippen LogP contribution < -0.4 is 5.32 Å². The average molecular weight is 335 g/mol. The molecule has 2 aromatic heterocycles. The third-order valence-corrected chi connectivity index (χ3v) is 5.72. The molecule has 22 heavy (non-hydrogen) atoms. The highest BCUT2D eigenvalue weighted by atomic mass is 32.1. The highest BCUT2D eigenvalue weighted by molar-refractivity contribution is 7.11. The summed E-state index contributed by atoms with van der Waals surface area (Å²) in [7, 11) is 0. The van der Waals surface area contributed by atoms with Gasteiger partial charge < -0.3 is 5.32 Å². The first-order valence-corrected chi connectivity index (χ1v) is 9.34. The Bertz CT molecular complexity index is 623. The second-order valence-electron chi connectivity index (χ2n) is 5.94.